The number of nitrogens with one attached hydrogen (secondary N) is 1. The topological polar surface area (TPSA) is 21.3 Å². The third kappa shape index (κ3) is 2.82. The van der Waals surface area contributed by atoms with E-state index in [1.807, 2.05) is 17.5 Å². The van der Waals surface area contributed by atoms with Crippen LogP contribution < -0.4 is 10.1 Å². The number of ether oxygens (including phenoxy) is 1. The average molecular weight is 265 g/mol. The third-order valence-electron chi connectivity index (χ3n) is 2.79. The molecule has 1 atom stereocenters. The Balaban J connectivity index is 2.15. The Kier molecular flexibility index (Phi) is 4.20. The van der Waals surface area contributed by atoms with Gasteiger partial charge in [0.2, 0.25) is 0 Å². The maximum atomic E-state index is 13.6. The molecule has 4 heteroatoms. The van der Waals surface area contributed by atoms with Crippen molar-refractivity contribution in [3.05, 3.63) is 46.4 Å². The van der Waals surface area contributed by atoms with Crippen molar-refractivity contribution in [2.24, 2.45) is 0 Å². The Morgan fingerprint density at radius 3 is 2.78 bits per heavy atom. The first kappa shape index (κ1) is 12.9. The minimum absolute atomic E-state index is 0.220. The Labute approximate surface area is 110 Å². The van der Waals surface area contributed by atoms with E-state index in [2.05, 4.69) is 18.3 Å². The van der Waals surface area contributed by atoms with Crippen molar-refractivity contribution >= 4 is 17.0 Å². The smallest absolute Gasteiger partial charge is 0.167 e. The van der Waals surface area contributed by atoms with Crippen LogP contribution in [0, 0.1) is 5.82 Å². The summed E-state index contributed by atoms with van der Waals surface area (Å²) in [4.78, 5) is 1.26. The molecule has 96 valence electrons. The number of methoxy groups -OCH3 is 1. The monoisotopic (exact) mass is 265 g/mol. The molecule has 0 aliphatic rings. The number of halogens is 1. The van der Waals surface area contributed by atoms with E-state index >= 15 is 0 Å². The van der Waals surface area contributed by atoms with Crippen LogP contribution in [0.15, 0.2) is 35.7 Å². The highest BCUT2D eigenvalue weighted by atomic mass is 32.1. The van der Waals surface area contributed by atoms with Crippen molar-refractivity contribution in [2.45, 2.75) is 19.4 Å². The highest BCUT2D eigenvalue weighted by molar-refractivity contribution is 7.10. The van der Waals surface area contributed by atoms with Crippen LogP contribution in [-0.2, 0) is 0 Å². The second-order valence-corrected chi connectivity index (χ2v) is 4.95. The molecule has 2 rings (SSSR count). The molecule has 0 fully saturated rings. The van der Waals surface area contributed by atoms with Crippen LogP contribution in [0.25, 0.3) is 0 Å². The molecule has 0 radical (unpaired) electrons. The van der Waals surface area contributed by atoms with E-state index in [4.69, 9.17) is 4.74 Å². The minimum Gasteiger partial charge on any atom is -0.494 e. The zero-order valence-electron chi connectivity index (χ0n) is 10.4. The van der Waals surface area contributed by atoms with Gasteiger partial charge in [-0.15, -0.1) is 11.3 Å². The molecule has 0 aliphatic heterocycles. The normalized spacial score (nSPS) is 12.2. The Bertz CT molecular complexity index is 499. The Hall–Kier alpha value is -1.55. The van der Waals surface area contributed by atoms with Gasteiger partial charge in [-0.1, -0.05) is 13.0 Å². The number of anilines is 1. The van der Waals surface area contributed by atoms with Crippen molar-refractivity contribution in [2.75, 3.05) is 12.4 Å². The molecule has 1 N–H and O–H groups in total. The van der Waals surface area contributed by atoms with E-state index in [0.717, 1.165) is 12.1 Å². The second-order valence-electron chi connectivity index (χ2n) is 3.97. The van der Waals surface area contributed by atoms with Gasteiger partial charge in [0.1, 0.15) is 0 Å². The third-order valence-corrected chi connectivity index (χ3v) is 3.77. The number of hydrogen-bond acceptors (Lipinski definition) is 3. The van der Waals surface area contributed by atoms with Crippen LogP contribution in [0.4, 0.5) is 10.1 Å². The molecule has 2 nitrogen and oxygen atoms in total. The van der Waals surface area contributed by atoms with Crippen molar-refractivity contribution in [1.82, 2.24) is 0 Å². The Morgan fingerprint density at radius 1 is 1.39 bits per heavy atom. The lowest BCUT2D eigenvalue weighted by Crippen LogP contribution is -2.08. The molecule has 0 amide bonds. The standard InChI is InChI=1S/C14H16FNOS/c1-3-12(14-5-4-8-18-14)16-10-6-7-13(17-2)11(15)9-10/h4-9,12,16H,3H2,1-2H3. The van der Waals surface area contributed by atoms with Crippen molar-refractivity contribution < 1.29 is 9.13 Å². The summed E-state index contributed by atoms with van der Waals surface area (Å²) in [6.07, 6.45) is 0.953. The van der Waals surface area contributed by atoms with Gasteiger partial charge in [0.05, 0.1) is 13.2 Å². The fourth-order valence-electron chi connectivity index (χ4n) is 1.82. The van der Waals surface area contributed by atoms with E-state index in [1.165, 1.54) is 18.1 Å². The molecular weight excluding hydrogens is 249 g/mol. The van der Waals surface area contributed by atoms with E-state index in [-0.39, 0.29) is 17.6 Å². The fraction of sp³-hybridized carbons (Fsp3) is 0.286. The lowest BCUT2D eigenvalue weighted by molar-refractivity contribution is 0.386. The quantitative estimate of drug-likeness (QED) is 0.861. The van der Waals surface area contributed by atoms with E-state index in [1.54, 1.807) is 17.4 Å². The molecule has 0 bridgehead atoms. The average Bonchev–Trinajstić information content (AvgIpc) is 2.90. The van der Waals surface area contributed by atoms with E-state index < -0.39 is 0 Å². The molecular formula is C14H16FNOS. The Morgan fingerprint density at radius 2 is 2.22 bits per heavy atom. The molecule has 0 saturated carbocycles. The second kappa shape index (κ2) is 5.87. The van der Waals surface area contributed by atoms with Crippen LogP contribution >= 0.6 is 11.3 Å². The predicted molar refractivity (Wildman–Crippen MR) is 73.9 cm³/mol. The molecule has 0 saturated heterocycles. The number of thiophene rings is 1. The first-order valence-electron chi connectivity index (χ1n) is 5.88. The summed E-state index contributed by atoms with van der Waals surface area (Å²) in [6.45, 7) is 2.11. The van der Waals surface area contributed by atoms with Gasteiger partial charge in [-0.3, -0.25) is 0 Å². The first-order chi connectivity index (χ1) is 8.74. The van der Waals surface area contributed by atoms with E-state index in [9.17, 15) is 4.39 Å². The molecule has 1 heterocycles. The van der Waals surface area contributed by atoms with Crippen LogP contribution in [0.1, 0.15) is 24.3 Å². The van der Waals surface area contributed by atoms with Crippen molar-refractivity contribution in [3.63, 3.8) is 0 Å². The molecule has 1 aromatic heterocycles. The van der Waals surface area contributed by atoms with Crippen LogP contribution in [0.2, 0.25) is 0 Å². The lowest BCUT2D eigenvalue weighted by Gasteiger charge is -2.17. The highest BCUT2D eigenvalue weighted by Gasteiger charge is 2.11. The summed E-state index contributed by atoms with van der Waals surface area (Å²) in [7, 11) is 1.46. The summed E-state index contributed by atoms with van der Waals surface area (Å²) < 4.78 is 18.5. The molecule has 18 heavy (non-hydrogen) atoms. The van der Waals surface area contributed by atoms with Gasteiger partial charge < -0.3 is 10.1 Å². The van der Waals surface area contributed by atoms with Crippen LogP contribution in [0.5, 0.6) is 5.75 Å². The zero-order valence-corrected chi connectivity index (χ0v) is 11.3. The highest BCUT2D eigenvalue weighted by Crippen LogP contribution is 2.28. The van der Waals surface area contributed by atoms with Gasteiger partial charge in [-0.05, 0) is 30.0 Å². The van der Waals surface area contributed by atoms with Gasteiger partial charge in [-0.2, -0.15) is 0 Å². The minimum atomic E-state index is -0.344. The molecule has 0 spiro atoms. The maximum Gasteiger partial charge on any atom is 0.167 e. The molecule has 1 unspecified atom stereocenters. The first-order valence-corrected chi connectivity index (χ1v) is 6.76. The summed E-state index contributed by atoms with van der Waals surface area (Å²) in [6, 6.07) is 9.27. The lowest BCUT2D eigenvalue weighted by atomic mass is 10.1. The molecule has 0 aliphatic carbocycles. The van der Waals surface area contributed by atoms with E-state index in [0.29, 0.717) is 0 Å². The van der Waals surface area contributed by atoms with Gasteiger partial charge in [0, 0.05) is 16.6 Å². The van der Waals surface area contributed by atoms with Crippen molar-refractivity contribution in [1.29, 1.82) is 0 Å². The summed E-state index contributed by atoms with van der Waals surface area (Å²) in [5.41, 5.74) is 0.772. The zero-order chi connectivity index (χ0) is 13.0. The predicted octanol–water partition coefficient (Wildman–Crippen LogP) is 4.46. The molecule has 1 aromatic carbocycles. The van der Waals surface area contributed by atoms with Crippen LogP contribution in [0.3, 0.4) is 0 Å². The SMILES string of the molecule is CCC(Nc1ccc(OC)c(F)c1)c1cccs1. The number of benzene rings is 1. The fourth-order valence-corrected chi connectivity index (χ4v) is 2.68. The summed E-state index contributed by atoms with van der Waals surface area (Å²) >= 11 is 1.71. The number of hydrogen-bond donors (Lipinski definition) is 1. The summed E-state index contributed by atoms with van der Waals surface area (Å²) in [5.74, 6) is -0.0757. The van der Waals surface area contributed by atoms with Crippen LogP contribution in [-0.4, -0.2) is 7.11 Å². The summed E-state index contributed by atoms with van der Waals surface area (Å²) in [5, 5.41) is 5.39. The molecule has 2 aromatic rings. The van der Waals surface area contributed by atoms with Gasteiger partial charge in [0.25, 0.3) is 0 Å². The van der Waals surface area contributed by atoms with Gasteiger partial charge in [-0.25, -0.2) is 4.39 Å². The largest absolute Gasteiger partial charge is 0.494 e. The van der Waals surface area contributed by atoms with Gasteiger partial charge in [0.15, 0.2) is 11.6 Å². The van der Waals surface area contributed by atoms with Gasteiger partial charge >= 0.3 is 0 Å². The maximum absolute atomic E-state index is 13.6. The number of rotatable bonds is 5. The van der Waals surface area contributed by atoms with Crippen molar-refractivity contribution in [3.8, 4) is 5.75 Å².